The molecule has 0 aliphatic carbocycles. The molecule has 4 heteroatoms. The lowest BCUT2D eigenvalue weighted by Gasteiger charge is -1.99. The monoisotopic (exact) mass is 323 g/mol. The van der Waals surface area contributed by atoms with Crippen LogP contribution < -0.4 is 5.73 Å². The smallest absolute Gasteiger partial charge is 0.0503 e. The molecule has 1 nitrogen and oxygen atoms in total. The lowest BCUT2D eigenvalue weighted by Crippen LogP contribution is -1.84. The summed E-state index contributed by atoms with van der Waals surface area (Å²) < 4.78 is 2.49. The molecular formula is C9H7ClINS. The maximum absolute atomic E-state index is 5.83. The fourth-order valence-corrected chi connectivity index (χ4v) is 3.32. The first-order valence-electron chi connectivity index (χ1n) is 3.73. The number of nitrogen functional groups attached to an aromatic ring is 1. The van der Waals surface area contributed by atoms with Crippen molar-refractivity contribution in [1.82, 2.24) is 0 Å². The van der Waals surface area contributed by atoms with Gasteiger partial charge in [-0.3, -0.25) is 0 Å². The number of fused-ring (bicyclic) bond motifs is 1. The number of alkyl halides is 1. The lowest BCUT2D eigenvalue weighted by molar-refractivity contribution is 1.42. The van der Waals surface area contributed by atoms with Crippen LogP contribution in [0, 0.1) is 3.57 Å². The van der Waals surface area contributed by atoms with Crippen molar-refractivity contribution in [3.63, 3.8) is 0 Å². The largest absolute Gasteiger partial charge is 0.398 e. The number of hydrogen-bond donors (Lipinski definition) is 1. The van der Waals surface area contributed by atoms with Gasteiger partial charge in [0.2, 0.25) is 0 Å². The van der Waals surface area contributed by atoms with Crippen molar-refractivity contribution < 1.29 is 0 Å². The summed E-state index contributed by atoms with van der Waals surface area (Å²) in [5.74, 6) is 0.543. The van der Waals surface area contributed by atoms with Gasteiger partial charge in [-0.25, -0.2) is 0 Å². The van der Waals surface area contributed by atoms with Crippen LogP contribution in [0.15, 0.2) is 17.5 Å². The van der Waals surface area contributed by atoms with Crippen LogP contribution in [-0.4, -0.2) is 0 Å². The summed E-state index contributed by atoms with van der Waals surface area (Å²) in [4.78, 5) is 0. The van der Waals surface area contributed by atoms with Crippen LogP contribution in [0.1, 0.15) is 5.56 Å². The van der Waals surface area contributed by atoms with Gasteiger partial charge < -0.3 is 5.73 Å². The molecule has 2 rings (SSSR count). The highest BCUT2D eigenvalue weighted by atomic mass is 127. The molecule has 2 aromatic rings. The van der Waals surface area contributed by atoms with E-state index in [1.807, 2.05) is 5.38 Å². The van der Waals surface area contributed by atoms with Crippen molar-refractivity contribution in [1.29, 1.82) is 0 Å². The molecule has 0 spiro atoms. The van der Waals surface area contributed by atoms with E-state index >= 15 is 0 Å². The molecule has 0 atom stereocenters. The second-order valence-corrected chi connectivity index (χ2v) is 5.09. The van der Waals surface area contributed by atoms with Gasteiger partial charge in [-0.2, -0.15) is 0 Å². The summed E-state index contributed by atoms with van der Waals surface area (Å²) >= 11 is 9.78. The standard InChI is InChI=1S/C9H7ClINS/c10-3-5-1-6-8(12)4-13-9(6)7(11)2-5/h1-2,4H,3,12H2. The highest BCUT2D eigenvalue weighted by molar-refractivity contribution is 14.1. The minimum atomic E-state index is 0.543. The molecular weight excluding hydrogens is 317 g/mol. The molecule has 0 saturated carbocycles. The zero-order valence-electron chi connectivity index (χ0n) is 6.68. The van der Waals surface area contributed by atoms with Crippen LogP contribution in [0.3, 0.4) is 0 Å². The number of nitrogens with two attached hydrogens (primary N) is 1. The maximum atomic E-state index is 5.83. The van der Waals surface area contributed by atoms with E-state index in [1.54, 1.807) is 11.3 Å². The van der Waals surface area contributed by atoms with Crippen molar-refractivity contribution in [2.45, 2.75) is 5.88 Å². The van der Waals surface area contributed by atoms with Crippen molar-refractivity contribution >= 4 is 61.3 Å². The van der Waals surface area contributed by atoms with Crippen LogP contribution in [0.5, 0.6) is 0 Å². The zero-order chi connectivity index (χ0) is 9.42. The summed E-state index contributed by atoms with van der Waals surface area (Å²) in [5.41, 5.74) is 7.81. The topological polar surface area (TPSA) is 26.0 Å². The van der Waals surface area contributed by atoms with E-state index < -0.39 is 0 Å². The Morgan fingerprint density at radius 1 is 1.46 bits per heavy atom. The Balaban J connectivity index is 2.80. The van der Waals surface area contributed by atoms with E-state index in [4.69, 9.17) is 17.3 Å². The number of thiophene rings is 1. The molecule has 2 N–H and O–H groups in total. The van der Waals surface area contributed by atoms with Gasteiger partial charge in [0, 0.05) is 24.9 Å². The summed E-state index contributed by atoms with van der Waals surface area (Å²) in [7, 11) is 0. The molecule has 13 heavy (non-hydrogen) atoms. The van der Waals surface area contributed by atoms with Crippen molar-refractivity contribution in [2.75, 3.05) is 5.73 Å². The van der Waals surface area contributed by atoms with E-state index in [-0.39, 0.29) is 0 Å². The molecule has 0 bridgehead atoms. The van der Waals surface area contributed by atoms with Gasteiger partial charge in [-0.05, 0) is 40.3 Å². The van der Waals surface area contributed by atoms with Gasteiger partial charge in [0.05, 0.1) is 5.69 Å². The normalized spacial score (nSPS) is 10.9. The molecule has 0 aliphatic heterocycles. The van der Waals surface area contributed by atoms with Crippen LogP contribution in [0.2, 0.25) is 0 Å². The minimum absolute atomic E-state index is 0.543. The molecule has 0 fully saturated rings. The first-order valence-corrected chi connectivity index (χ1v) is 6.22. The molecule has 1 heterocycles. The SMILES string of the molecule is Nc1csc2c(I)cc(CCl)cc12. The van der Waals surface area contributed by atoms with E-state index in [9.17, 15) is 0 Å². The third-order valence-electron chi connectivity index (χ3n) is 1.87. The van der Waals surface area contributed by atoms with Crippen LogP contribution in [0.4, 0.5) is 5.69 Å². The number of halogens is 2. The number of anilines is 1. The summed E-state index contributed by atoms with van der Waals surface area (Å²) in [6.45, 7) is 0. The molecule has 0 unspecified atom stereocenters. The lowest BCUT2D eigenvalue weighted by atomic mass is 10.2. The van der Waals surface area contributed by atoms with Crippen LogP contribution >= 0.6 is 45.5 Å². The molecule has 68 valence electrons. The molecule has 1 aromatic carbocycles. The number of hydrogen-bond acceptors (Lipinski definition) is 2. The summed E-state index contributed by atoms with van der Waals surface area (Å²) in [6, 6.07) is 4.17. The second-order valence-electron chi connectivity index (χ2n) is 2.78. The third-order valence-corrected chi connectivity index (χ3v) is 4.45. The maximum Gasteiger partial charge on any atom is 0.0503 e. The Hall–Kier alpha value is -0.0000000000000000555. The highest BCUT2D eigenvalue weighted by Gasteiger charge is 2.05. The van der Waals surface area contributed by atoms with E-state index in [2.05, 4.69) is 34.7 Å². The fraction of sp³-hybridized carbons (Fsp3) is 0.111. The Bertz CT molecular complexity index is 452. The van der Waals surface area contributed by atoms with Crippen molar-refractivity contribution in [3.05, 3.63) is 26.6 Å². The number of rotatable bonds is 1. The van der Waals surface area contributed by atoms with Gasteiger partial charge in [0.15, 0.2) is 0 Å². The predicted molar refractivity (Wildman–Crippen MR) is 68.5 cm³/mol. The van der Waals surface area contributed by atoms with Gasteiger partial charge >= 0.3 is 0 Å². The molecule has 0 amide bonds. The Kier molecular flexibility index (Phi) is 2.67. The fourth-order valence-electron chi connectivity index (χ4n) is 1.25. The average molecular weight is 324 g/mol. The molecule has 1 aromatic heterocycles. The Labute approximate surface area is 99.0 Å². The van der Waals surface area contributed by atoms with Gasteiger partial charge in [0.1, 0.15) is 0 Å². The predicted octanol–water partition coefficient (Wildman–Crippen LogP) is 3.83. The van der Waals surface area contributed by atoms with E-state index in [0.29, 0.717) is 5.88 Å². The molecule has 0 aliphatic rings. The highest BCUT2D eigenvalue weighted by Crippen LogP contribution is 2.33. The summed E-state index contributed by atoms with van der Waals surface area (Å²) in [6.07, 6.45) is 0. The second kappa shape index (κ2) is 3.63. The average Bonchev–Trinajstić information content (AvgIpc) is 2.48. The summed E-state index contributed by atoms with van der Waals surface area (Å²) in [5, 5.41) is 3.11. The Morgan fingerprint density at radius 2 is 2.23 bits per heavy atom. The quantitative estimate of drug-likeness (QED) is 0.626. The molecule has 0 radical (unpaired) electrons. The zero-order valence-corrected chi connectivity index (χ0v) is 10.4. The third kappa shape index (κ3) is 1.65. The van der Waals surface area contributed by atoms with Gasteiger partial charge in [0.25, 0.3) is 0 Å². The first-order chi connectivity index (χ1) is 6.22. The number of benzene rings is 1. The van der Waals surface area contributed by atoms with E-state index in [0.717, 1.165) is 16.6 Å². The Morgan fingerprint density at radius 3 is 2.92 bits per heavy atom. The molecule has 0 saturated heterocycles. The van der Waals surface area contributed by atoms with Crippen molar-refractivity contribution in [2.24, 2.45) is 0 Å². The van der Waals surface area contributed by atoms with Crippen LogP contribution in [-0.2, 0) is 5.88 Å². The van der Waals surface area contributed by atoms with Crippen LogP contribution in [0.25, 0.3) is 10.1 Å². The van der Waals surface area contributed by atoms with Gasteiger partial charge in [-0.1, -0.05) is 0 Å². The van der Waals surface area contributed by atoms with Gasteiger partial charge in [-0.15, -0.1) is 22.9 Å². The first kappa shape index (κ1) is 9.55. The van der Waals surface area contributed by atoms with E-state index in [1.165, 1.54) is 8.27 Å². The van der Waals surface area contributed by atoms with Crippen molar-refractivity contribution in [3.8, 4) is 0 Å². The minimum Gasteiger partial charge on any atom is -0.398 e.